The van der Waals surface area contributed by atoms with E-state index < -0.39 is 46.9 Å². The molecule has 0 aromatic heterocycles. The van der Waals surface area contributed by atoms with Crippen molar-refractivity contribution in [2.24, 2.45) is 0 Å². The number of carbonyl (C=O) groups is 4. The van der Waals surface area contributed by atoms with Crippen molar-refractivity contribution in [2.45, 2.75) is 43.8 Å². The molecule has 1 fully saturated rings. The van der Waals surface area contributed by atoms with Crippen molar-refractivity contribution in [2.75, 3.05) is 13.2 Å². The number of benzene rings is 3. The van der Waals surface area contributed by atoms with Gasteiger partial charge in [-0.15, -0.1) is 0 Å². The standard InChI is InChI=1S/C31H30N2O7/c1-4-38-27(35)31(28(36)39-5-2)24(21-15-11-12-19(3)18-21)30(33-26(34)20-13-7-6-8-14-20)25(32-31)22-16-9-10-17-23(22)40-29(30)37/h6-18,24-25,32H,4-5H2,1-3H3,(H,33,34)/t24-,25?,30-/m0/s1. The number of aryl methyl sites for hydroxylation is 1. The lowest BCUT2D eigenvalue weighted by molar-refractivity contribution is -0.167. The van der Waals surface area contributed by atoms with E-state index >= 15 is 0 Å². The van der Waals surface area contributed by atoms with Crippen LogP contribution in [0, 0.1) is 6.92 Å². The molecule has 0 bridgehead atoms. The van der Waals surface area contributed by atoms with Crippen molar-refractivity contribution in [3.63, 3.8) is 0 Å². The Bertz CT molecular complexity index is 1450. The number of carbonyl (C=O) groups excluding carboxylic acids is 4. The van der Waals surface area contributed by atoms with E-state index in [0.717, 1.165) is 5.56 Å². The molecule has 3 atom stereocenters. The van der Waals surface area contributed by atoms with Gasteiger partial charge in [0.1, 0.15) is 5.75 Å². The minimum Gasteiger partial charge on any atom is -0.464 e. The highest BCUT2D eigenvalue weighted by Gasteiger charge is 2.76. The zero-order valence-corrected chi connectivity index (χ0v) is 22.4. The summed E-state index contributed by atoms with van der Waals surface area (Å²) < 4.78 is 16.8. The highest BCUT2D eigenvalue weighted by molar-refractivity contribution is 6.11. The minimum absolute atomic E-state index is 0.0305. The number of amides is 1. The van der Waals surface area contributed by atoms with Gasteiger partial charge in [0, 0.05) is 11.1 Å². The van der Waals surface area contributed by atoms with E-state index in [9.17, 15) is 19.2 Å². The number of hydrogen-bond donors (Lipinski definition) is 2. The first-order valence-electron chi connectivity index (χ1n) is 13.2. The van der Waals surface area contributed by atoms with Crippen LogP contribution in [0.4, 0.5) is 0 Å². The quantitative estimate of drug-likeness (QED) is 0.265. The largest absolute Gasteiger partial charge is 0.464 e. The van der Waals surface area contributed by atoms with Gasteiger partial charge in [-0.05, 0) is 44.5 Å². The topological polar surface area (TPSA) is 120 Å². The molecule has 9 nitrogen and oxygen atoms in total. The molecule has 0 spiro atoms. The number of ether oxygens (including phenoxy) is 3. The Balaban J connectivity index is 1.84. The van der Waals surface area contributed by atoms with Crippen molar-refractivity contribution in [3.8, 4) is 5.75 Å². The second kappa shape index (κ2) is 10.6. The Hall–Kier alpha value is -4.50. The molecule has 3 aromatic carbocycles. The van der Waals surface area contributed by atoms with Gasteiger partial charge >= 0.3 is 17.9 Å². The molecule has 40 heavy (non-hydrogen) atoms. The second-order valence-electron chi connectivity index (χ2n) is 9.79. The summed E-state index contributed by atoms with van der Waals surface area (Å²) in [4.78, 5) is 56.0. The molecule has 2 aliphatic heterocycles. The van der Waals surface area contributed by atoms with Crippen LogP contribution >= 0.6 is 0 Å². The van der Waals surface area contributed by atoms with Gasteiger partial charge in [0.2, 0.25) is 5.54 Å². The van der Waals surface area contributed by atoms with Gasteiger partial charge in [-0.2, -0.15) is 0 Å². The van der Waals surface area contributed by atoms with E-state index in [4.69, 9.17) is 14.2 Å². The van der Waals surface area contributed by atoms with Crippen LogP contribution in [0.25, 0.3) is 0 Å². The molecule has 0 saturated carbocycles. The average Bonchev–Trinajstić information content (AvgIpc) is 3.27. The third kappa shape index (κ3) is 4.14. The molecule has 0 aliphatic carbocycles. The van der Waals surface area contributed by atoms with Crippen molar-refractivity contribution in [1.82, 2.24) is 10.6 Å². The van der Waals surface area contributed by atoms with Crippen molar-refractivity contribution < 1.29 is 33.4 Å². The van der Waals surface area contributed by atoms with E-state index in [2.05, 4.69) is 10.6 Å². The zero-order valence-electron chi connectivity index (χ0n) is 22.4. The van der Waals surface area contributed by atoms with Gasteiger partial charge in [-0.25, -0.2) is 14.4 Å². The van der Waals surface area contributed by atoms with Gasteiger partial charge < -0.3 is 19.5 Å². The molecule has 2 N–H and O–H groups in total. The molecule has 1 amide bonds. The molecule has 3 aromatic rings. The average molecular weight is 543 g/mol. The Labute approximate surface area is 231 Å². The van der Waals surface area contributed by atoms with Crippen LogP contribution in [0.3, 0.4) is 0 Å². The fourth-order valence-corrected chi connectivity index (χ4v) is 5.82. The summed E-state index contributed by atoms with van der Waals surface area (Å²) in [7, 11) is 0. The van der Waals surface area contributed by atoms with Gasteiger partial charge in [0.25, 0.3) is 5.91 Å². The summed E-state index contributed by atoms with van der Waals surface area (Å²) in [6, 6.07) is 21.2. The van der Waals surface area contributed by atoms with Crippen LogP contribution in [0.2, 0.25) is 0 Å². The maximum absolute atomic E-state index is 14.3. The van der Waals surface area contributed by atoms with Crippen molar-refractivity contribution in [1.29, 1.82) is 0 Å². The van der Waals surface area contributed by atoms with Gasteiger partial charge in [-0.3, -0.25) is 10.1 Å². The number of hydrogen-bond acceptors (Lipinski definition) is 8. The third-order valence-corrected chi connectivity index (χ3v) is 7.41. The monoisotopic (exact) mass is 542 g/mol. The zero-order chi connectivity index (χ0) is 28.5. The van der Waals surface area contributed by atoms with Gasteiger partial charge in [0.05, 0.1) is 25.2 Å². The molecule has 2 aliphatic rings. The number of para-hydroxylation sites is 1. The SMILES string of the molecule is CCOC(=O)C1(C(=O)OCC)NC2c3ccccc3OC(=O)[C@]2(NC(=O)c2ccccc2)[C@@H]1c1cccc(C)c1. The molecule has 2 heterocycles. The maximum Gasteiger partial charge on any atom is 0.340 e. The summed E-state index contributed by atoms with van der Waals surface area (Å²) in [6.07, 6.45) is 0. The maximum atomic E-state index is 14.3. The Morgan fingerprint density at radius 3 is 2.20 bits per heavy atom. The van der Waals surface area contributed by atoms with E-state index in [1.807, 2.05) is 13.0 Å². The summed E-state index contributed by atoms with van der Waals surface area (Å²) in [5.41, 5.74) is -2.12. The first kappa shape index (κ1) is 27.1. The normalized spacial score (nSPS) is 22.3. The van der Waals surface area contributed by atoms with Crippen molar-refractivity contribution in [3.05, 3.63) is 101 Å². The van der Waals surface area contributed by atoms with Gasteiger partial charge in [0.15, 0.2) is 5.54 Å². The van der Waals surface area contributed by atoms with Crippen molar-refractivity contribution >= 4 is 23.8 Å². The lowest BCUT2D eigenvalue weighted by Crippen LogP contribution is -2.66. The summed E-state index contributed by atoms with van der Waals surface area (Å²) in [5, 5.41) is 6.09. The van der Waals surface area contributed by atoms with E-state index in [1.54, 1.807) is 86.6 Å². The van der Waals surface area contributed by atoms with Crippen LogP contribution in [-0.2, 0) is 23.9 Å². The van der Waals surface area contributed by atoms with Gasteiger partial charge in [-0.1, -0.05) is 66.2 Å². The predicted molar refractivity (Wildman–Crippen MR) is 145 cm³/mol. The van der Waals surface area contributed by atoms with Crippen LogP contribution in [0.5, 0.6) is 5.75 Å². The summed E-state index contributed by atoms with van der Waals surface area (Å²) in [6.45, 7) is 5.03. The summed E-state index contributed by atoms with van der Waals surface area (Å²) in [5.74, 6) is -4.31. The third-order valence-electron chi connectivity index (χ3n) is 7.41. The fraction of sp³-hybridized carbons (Fsp3) is 0.290. The highest BCUT2D eigenvalue weighted by Crippen LogP contribution is 2.56. The molecular formula is C31H30N2O7. The Kier molecular flexibility index (Phi) is 7.16. The first-order chi connectivity index (χ1) is 19.3. The Morgan fingerprint density at radius 1 is 0.900 bits per heavy atom. The summed E-state index contributed by atoms with van der Waals surface area (Å²) >= 11 is 0. The lowest BCUT2D eigenvalue weighted by atomic mass is 9.67. The van der Waals surface area contributed by atoms with Crippen LogP contribution in [-0.4, -0.2) is 48.1 Å². The smallest absolute Gasteiger partial charge is 0.340 e. The molecular weight excluding hydrogens is 512 g/mol. The second-order valence-corrected chi connectivity index (χ2v) is 9.79. The number of nitrogens with one attached hydrogen (secondary N) is 2. The fourth-order valence-electron chi connectivity index (χ4n) is 5.82. The molecule has 9 heteroatoms. The molecule has 0 radical (unpaired) electrons. The molecule has 206 valence electrons. The van der Waals surface area contributed by atoms with Crippen LogP contribution in [0.1, 0.15) is 52.9 Å². The van der Waals surface area contributed by atoms with Crippen LogP contribution in [0.15, 0.2) is 78.9 Å². The van der Waals surface area contributed by atoms with Crippen LogP contribution < -0.4 is 15.4 Å². The Morgan fingerprint density at radius 2 is 1.55 bits per heavy atom. The minimum atomic E-state index is -2.20. The number of esters is 3. The molecule has 1 unspecified atom stereocenters. The van der Waals surface area contributed by atoms with E-state index in [-0.39, 0.29) is 24.5 Å². The number of fused-ring (bicyclic) bond motifs is 3. The first-order valence-corrected chi connectivity index (χ1v) is 13.2. The highest BCUT2D eigenvalue weighted by atomic mass is 16.6. The van der Waals surface area contributed by atoms with E-state index in [0.29, 0.717) is 11.1 Å². The lowest BCUT2D eigenvalue weighted by Gasteiger charge is -2.42. The molecule has 5 rings (SSSR count). The molecule has 1 saturated heterocycles. The predicted octanol–water partition coefficient (Wildman–Crippen LogP) is 3.38. The van der Waals surface area contributed by atoms with E-state index in [1.165, 1.54) is 0 Å². The number of rotatable bonds is 7.